The van der Waals surface area contributed by atoms with Crippen molar-refractivity contribution in [3.05, 3.63) is 36.2 Å². The number of H-pyrrole nitrogens is 1. The van der Waals surface area contributed by atoms with Crippen molar-refractivity contribution in [2.24, 2.45) is 13.0 Å². The van der Waals surface area contributed by atoms with Crippen LogP contribution in [0.3, 0.4) is 0 Å². The highest BCUT2D eigenvalue weighted by Crippen LogP contribution is 2.35. The van der Waals surface area contributed by atoms with E-state index in [-0.39, 0.29) is 11.9 Å². The molecule has 3 rings (SSSR count). The number of rotatable bonds is 5. The molecular formula is C15H22N6O. The Morgan fingerprint density at radius 1 is 1.45 bits per heavy atom. The lowest BCUT2D eigenvalue weighted by Gasteiger charge is -2.38. The molecule has 7 nitrogen and oxygen atoms in total. The highest BCUT2D eigenvalue weighted by Gasteiger charge is 2.35. The summed E-state index contributed by atoms with van der Waals surface area (Å²) in [4.78, 5) is 21.2. The van der Waals surface area contributed by atoms with E-state index in [1.54, 1.807) is 10.9 Å². The van der Waals surface area contributed by atoms with Crippen molar-refractivity contribution in [1.82, 2.24) is 30.0 Å². The molecule has 1 amide bonds. The standard InChI is InChI=1S/C15H22N6O/c1-20-10-12(8-19-20)15-11(3-4-14(22)21(15)2)7-16-9-13-17-5-6-18-13/h5-6,8,10-11,15-16H,3-4,7,9H2,1-2H3,(H,17,18)/t11-,15+/m1/s1. The van der Waals surface area contributed by atoms with Crippen LogP contribution in [0.25, 0.3) is 0 Å². The Morgan fingerprint density at radius 2 is 2.32 bits per heavy atom. The average Bonchev–Trinajstić information content (AvgIpc) is 3.15. The van der Waals surface area contributed by atoms with E-state index < -0.39 is 0 Å². The highest BCUT2D eigenvalue weighted by molar-refractivity contribution is 5.77. The van der Waals surface area contributed by atoms with Crippen LogP contribution in [-0.2, 0) is 18.4 Å². The second-order valence-electron chi connectivity index (χ2n) is 5.86. The third-order valence-electron chi connectivity index (χ3n) is 4.31. The Bertz CT molecular complexity index is 620. The monoisotopic (exact) mass is 302 g/mol. The van der Waals surface area contributed by atoms with Crippen LogP contribution in [0.2, 0.25) is 0 Å². The molecule has 1 fully saturated rings. The Hall–Kier alpha value is -2.15. The Morgan fingerprint density at radius 3 is 3.00 bits per heavy atom. The van der Waals surface area contributed by atoms with E-state index >= 15 is 0 Å². The van der Waals surface area contributed by atoms with Crippen LogP contribution < -0.4 is 5.32 Å². The van der Waals surface area contributed by atoms with Gasteiger partial charge in [0, 0.05) is 51.2 Å². The van der Waals surface area contributed by atoms with E-state index in [0.29, 0.717) is 18.9 Å². The first kappa shape index (κ1) is 14.8. The summed E-state index contributed by atoms with van der Waals surface area (Å²) in [5.74, 6) is 1.51. The fraction of sp³-hybridized carbons (Fsp3) is 0.533. The van der Waals surface area contributed by atoms with Crippen molar-refractivity contribution in [2.75, 3.05) is 13.6 Å². The zero-order chi connectivity index (χ0) is 15.5. The van der Waals surface area contributed by atoms with Crippen LogP contribution in [0.4, 0.5) is 0 Å². The molecule has 1 saturated heterocycles. The predicted octanol–water partition coefficient (Wildman–Crippen LogP) is 0.842. The second-order valence-corrected chi connectivity index (χ2v) is 5.86. The summed E-state index contributed by atoms with van der Waals surface area (Å²) < 4.78 is 1.79. The SMILES string of the molecule is CN1C(=O)CC[C@H](CNCc2ncc[nH]2)[C@H]1c1cnn(C)c1. The van der Waals surface area contributed by atoms with Gasteiger partial charge in [0.25, 0.3) is 0 Å². The number of piperidine rings is 1. The number of amides is 1. The smallest absolute Gasteiger partial charge is 0.222 e. The Labute approximate surface area is 129 Å². The first-order chi connectivity index (χ1) is 10.6. The molecule has 1 aliphatic heterocycles. The molecule has 2 N–H and O–H groups in total. The number of aromatic nitrogens is 4. The lowest BCUT2D eigenvalue weighted by molar-refractivity contribution is -0.137. The van der Waals surface area contributed by atoms with Crippen LogP contribution in [0.5, 0.6) is 0 Å². The summed E-state index contributed by atoms with van der Waals surface area (Å²) in [7, 11) is 3.79. The first-order valence-electron chi connectivity index (χ1n) is 7.58. The number of carbonyl (C=O) groups is 1. The van der Waals surface area contributed by atoms with Gasteiger partial charge in [0.05, 0.1) is 18.8 Å². The van der Waals surface area contributed by atoms with Gasteiger partial charge >= 0.3 is 0 Å². The van der Waals surface area contributed by atoms with Gasteiger partial charge in [-0.2, -0.15) is 5.10 Å². The number of likely N-dealkylation sites (tertiary alicyclic amines) is 1. The van der Waals surface area contributed by atoms with Crippen LogP contribution >= 0.6 is 0 Å². The van der Waals surface area contributed by atoms with Gasteiger partial charge in [-0.25, -0.2) is 4.98 Å². The van der Waals surface area contributed by atoms with E-state index in [1.807, 2.05) is 37.6 Å². The van der Waals surface area contributed by atoms with E-state index in [2.05, 4.69) is 20.4 Å². The molecule has 2 aromatic heterocycles. The van der Waals surface area contributed by atoms with Crippen molar-refractivity contribution in [2.45, 2.75) is 25.4 Å². The van der Waals surface area contributed by atoms with E-state index in [9.17, 15) is 4.79 Å². The van der Waals surface area contributed by atoms with Crippen LogP contribution in [0.1, 0.15) is 30.3 Å². The molecule has 118 valence electrons. The van der Waals surface area contributed by atoms with Crippen molar-refractivity contribution < 1.29 is 4.79 Å². The molecule has 0 unspecified atom stereocenters. The molecule has 2 aromatic rings. The fourth-order valence-corrected chi connectivity index (χ4v) is 3.19. The zero-order valence-corrected chi connectivity index (χ0v) is 13.0. The van der Waals surface area contributed by atoms with Crippen molar-refractivity contribution in [3.8, 4) is 0 Å². The number of nitrogens with zero attached hydrogens (tertiary/aromatic N) is 4. The van der Waals surface area contributed by atoms with Gasteiger partial charge < -0.3 is 15.2 Å². The maximum absolute atomic E-state index is 12.1. The van der Waals surface area contributed by atoms with Crippen LogP contribution in [0, 0.1) is 5.92 Å². The number of hydrogen-bond donors (Lipinski definition) is 2. The normalized spacial score (nSPS) is 22.3. The van der Waals surface area contributed by atoms with Gasteiger partial charge in [0.15, 0.2) is 0 Å². The average molecular weight is 302 g/mol. The van der Waals surface area contributed by atoms with E-state index in [4.69, 9.17) is 0 Å². The van der Waals surface area contributed by atoms with Crippen molar-refractivity contribution in [1.29, 1.82) is 0 Å². The Balaban J connectivity index is 1.68. The summed E-state index contributed by atoms with van der Waals surface area (Å²) in [5.41, 5.74) is 1.10. The van der Waals surface area contributed by atoms with E-state index in [0.717, 1.165) is 24.4 Å². The molecule has 7 heteroatoms. The molecule has 0 saturated carbocycles. The van der Waals surface area contributed by atoms with Gasteiger partial charge in [-0.3, -0.25) is 9.48 Å². The number of imidazole rings is 1. The molecule has 22 heavy (non-hydrogen) atoms. The minimum absolute atomic E-state index is 0.0825. The van der Waals surface area contributed by atoms with E-state index in [1.165, 1.54) is 0 Å². The van der Waals surface area contributed by atoms with Crippen LogP contribution in [0.15, 0.2) is 24.8 Å². The highest BCUT2D eigenvalue weighted by atomic mass is 16.2. The predicted molar refractivity (Wildman–Crippen MR) is 81.7 cm³/mol. The lowest BCUT2D eigenvalue weighted by atomic mass is 9.85. The van der Waals surface area contributed by atoms with Gasteiger partial charge in [-0.05, 0) is 12.3 Å². The quantitative estimate of drug-likeness (QED) is 0.858. The topological polar surface area (TPSA) is 78.8 Å². The van der Waals surface area contributed by atoms with Gasteiger partial charge in [-0.15, -0.1) is 0 Å². The number of aryl methyl sites for hydroxylation is 1. The molecule has 0 radical (unpaired) electrons. The summed E-state index contributed by atoms with van der Waals surface area (Å²) in [5, 5.41) is 7.69. The molecule has 0 bridgehead atoms. The number of aromatic amines is 1. The third-order valence-corrected chi connectivity index (χ3v) is 4.31. The van der Waals surface area contributed by atoms with Crippen molar-refractivity contribution in [3.63, 3.8) is 0 Å². The first-order valence-corrected chi connectivity index (χ1v) is 7.58. The summed E-state index contributed by atoms with van der Waals surface area (Å²) in [6, 6.07) is 0.0825. The fourth-order valence-electron chi connectivity index (χ4n) is 3.19. The lowest BCUT2D eigenvalue weighted by Crippen LogP contribution is -2.43. The summed E-state index contributed by atoms with van der Waals surface area (Å²) >= 11 is 0. The summed E-state index contributed by atoms with van der Waals surface area (Å²) in [6.07, 6.45) is 8.94. The second kappa shape index (κ2) is 6.31. The molecular weight excluding hydrogens is 280 g/mol. The maximum atomic E-state index is 12.1. The molecule has 2 atom stereocenters. The van der Waals surface area contributed by atoms with Gasteiger partial charge in [0.1, 0.15) is 5.82 Å². The molecule has 3 heterocycles. The van der Waals surface area contributed by atoms with Gasteiger partial charge in [-0.1, -0.05) is 0 Å². The van der Waals surface area contributed by atoms with Crippen molar-refractivity contribution >= 4 is 5.91 Å². The Kier molecular flexibility index (Phi) is 4.24. The molecule has 0 aliphatic carbocycles. The maximum Gasteiger partial charge on any atom is 0.222 e. The molecule has 0 spiro atoms. The largest absolute Gasteiger partial charge is 0.348 e. The molecule has 1 aliphatic rings. The number of carbonyl (C=O) groups excluding carboxylic acids is 1. The summed E-state index contributed by atoms with van der Waals surface area (Å²) in [6.45, 7) is 1.55. The minimum atomic E-state index is 0.0825. The number of hydrogen-bond acceptors (Lipinski definition) is 4. The minimum Gasteiger partial charge on any atom is -0.348 e. The van der Waals surface area contributed by atoms with Crippen LogP contribution in [-0.4, -0.2) is 44.1 Å². The zero-order valence-electron chi connectivity index (χ0n) is 13.0. The number of nitrogens with one attached hydrogen (secondary N) is 2. The third kappa shape index (κ3) is 3.04. The molecule has 0 aromatic carbocycles. The van der Waals surface area contributed by atoms with Gasteiger partial charge in [0.2, 0.25) is 5.91 Å².